The quantitative estimate of drug-likeness (QED) is 0.589. The number of alkyl halides is 2. The van der Waals surface area contributed by atoms with Crippen molar-refractivity contribution in [1.82, 2.24) is 24.7 Å². The van der Waals surface area contributed by atoms with E-state index < -0.39 is 11.8 Å². The monoisotopic (exact) mass is 451 g/mol. The molecule has 0 unspecified atom stereocenters. The van der Waals surface area contributed by atoms with E-state index in [1.54, 1.807) is 24.4 Å². The third-order valence-corrected chi connectivity index (χ3v) is 6.14. The van der Waals surface area contributed by atoms with Gasteiger partial charge in [-0.15, -0.1) is 0 Å². The molecule has 0 aromatic carbocycles. The van der Waals surface area contributed by atoms with Crippen LogP contribution >= 0.6 is 0 Å². The number of carbonyl (C=O) groups is 1. The zero-order chi connectivity index (χ0) is 22.6. The first-order valence-electron chi connectivity index (χ1n) is 11.2. The van der Waals surface area contributed by atoms with Gasteiger partial charge < -0.3 is 10.2 Å². The van der Waals surface area contributed by atoms with Gasteiger partial charge in [-0.25, -0.2) is 23.7 Å². The molecule has 3 aromatic heterocycles. The van der Waals surface area contributed by atoms with Crippen molar-refractivity contribution >= 4 is 17.5 Å². The number of anilines is 2. The van der Waals surface area contributed by atoms with Gasteiger partial charge in [-0.3, -0.25) is 9.48 Å². The number of pyridine rings is 1. The maximum atomic E-state index is 13.4. The van der Waals surface area contributed by atoms with Gasteiger partial charge >= 0.3 is 0 Å². The van der Waals surface area contributed by atoms with E-state index in [4.69, 9.17) is 0 Å². The fourth-order valence-corrected chi connectivity index (χ4v) is 3.94. The van der Waals surface area contributed by atoms with E-state index in [-0.39, 0.29) is 24.7 Å². The van der Waals surface area contributed by atoms with Crippen LogP contribution < -0.4 is 10.2 Å². The summed E-state index contributed by atoms with van der Waals surface area (Å²) in [7, 11) is 0. The second-order valence-electron chi connectivity index (χ2n) is 9.21. The topological polar surface area (TPSA) is 88.8 Å². The van der Waals surface area contributed by atoms with E-state index in [1.807, 2.05) is 16.9 Å². The van der Waals surface area contributed by atoms with Crippen LogP contribution in [0.25, 0.3) is 11.3 Å². The van der Waals surface area contributed by atoms with E-state index >= 15 is 0 Å². The third-order valence-electron chi connectivity index (χ3n) is 6.14. The largest absolute Gasteiger partial charge is 0.344 e. The Morgan fingerprint density at radius 3 is 2.67 bits per heavy atom. The van der Waals surface area contributed by atoms with E-state index in [1.165, 1.54) is 17.7 Å². The van der Waals surface area contributed by atoms with E-state index in [9.17, 15) is 13.6 Å². The molecule has 0 atom stereocenters. The second kappa shape index (κ2) is 7.57. The molecule has 2 saturated carbocycles. The van der Waals surface area contributed by atoms with Crippen molar-refractivity contribution in [3.8, 4) is 11.3 Å². The van der Waals surface area contributed by atoms with Crippen molar-refractivity contribution in [2.75, 3.05) is 23.3 Å². The Bertz CT molecular complexity index is 1210. The number of halogens is 2. The van der Waals surface area contributed by atoms with Gasteiger partial charge in [-0.1, -0.05) is 6.07 Å². The predicted octanol–water partition coefficient (Wildman–Crippen LogP) is 3.73. The van der Waals surface area contributed by atoms with Gasteiger partial charge in [0.2, 0.25) is 0 Å². The Morgan fingerprint density at radius 2 is 1.94 bits per heavy atom. The minimum absolute atomic E-state index is 0.219. The molecule has 0 bridgehead atoms. The van der Waals surface area contributed by atoms with Crippen molar-refractivity contribution in [2.24, 2.45) is 5.92 Å². The van der Waals surface area contributed by atoms with E-state index in [0.717, 1.165) is 24.9 Å². The highest BCUT2D eigenvalue weighted by atomic mass is 19.3. The smallest absolute Gasteiger partial charge is 0.282 e. The van der Waals surface area contributed by atoms with Gasteiger partial charge in [-0.2, -0.15) is 5.10 Å². The Morgan fingerprint density at radius 1 is 1.12 bits per heavy atom. The molecule has 1 amide bonds. The highest BCUT2D eigenvalue weighted by molar-refractivity contribution is 6.02. The third kappa shape index (κ3) is 4.42. The fourth-order valence-electron chi connectivity index (χ4n) is 3.94. The van der Waals surface area contributed by atoms with Crippen molar-refractivity contribution in [3.63, 3.8) is 0 Å². The number of nitrogens with one attached hydrogen (secondary N) is 1. The van der Waals surface area contributed by atoms with Crippen LogP contribution in [0, 0.1) is 5.92 Å². The van der Waals surface area contributed by atoms with Crippen molar-refractivity contribution in [3.05, 3.63) is 48.2 Å². The predicted molar refractivity (Wildman–Crippen MR) is 117 cm³/mol. The first kappa shape index (κ1) is 20.2. The van der Waals surface area contributed by atoms with Crippen molar-refractivity contribution in [2.45, 2.75) is 44.1 Å². The van der Waals surface area contributed by atoms with E-state index in [2.05, 4.69) is 25.4 Å². The van der Waals surface area contributed by atoms with Crippen LogP contribution in [0.1, 0.15) is 47.9 Å². The average Bonchev–Trinajstić information content (AvgIpc) is 3.71. The summed E-state index contributed by atoms with van der Waals surface area (Å²) in [6.07, 6.45) is 8.13. The molecular weight excluding hydrogens is 428 g/mol. The molecule has 1 saturated heterocycles. The van der Waals surface area contributed by atoms with Gasteiger partial charge in [0.1, 0.15) is 23.2 Å². The number of nitrogens with zero attached hydrogens (tertiary/aromatic N) is 6. The summed E-state index contributed by atoms with van der Waals surface area (Å²) in [5.74, 6) is -0.889. The molecule has 3 aliphatic rings. The second-order valence-corrected chi connectivity index (χ2v) is 9.21. The van der Waals surface area contributed by atoms with Gasteiger partial charge in [-0.05, 0) is 43.7 Å². The zero-order valence-corrected chi connectivity index (χ0v) is 17.9. The average molecular weight is 451 g/mol. The fraction of sp³-hybridized carbons (Fsp3) is 0.435. The Labute approximate surface area is 189 Å². The number of carbonyl (C=O) groups excluding carboxylic acids is 1. The van der Waals surface area contributed by atoms with Crippen LogP contribution in [0.4, 0.5) is 20.4 Å². The molecule has 6 rings (SSSR count). The lowest BCUT2D eigenvalue weighted by Gasteiger charge is -2.39. The van der Waals surface area contributed by atoms with Crippen molar-refractivity contribution < 1.29 is 13.6 Å². The van der Waals surface area contributed by atoms with Crippen LogP contribution in [-0.2, 0) is 6.54 Å². The summed E-state index contributed by atoms with van der Waals surface area (Å²) in [4.78, 5) is 27.8. The summed E-state index contributed by atoms with van der Waals surface area (Å²) in [6.45, 7) is 0.154. The first-order chi connectivity index (χ1) is 15.9. The lowest BCUT2D eigenvalue weighted by molar-refractivity contribution is -0.0267. The maximum absolute atomic E-state index is 13.4. The number of aromatic nitrogens is 5. The molecule has 33 heavy (non-hydrogen) atoms. The lowest BCUT2D eigenvalue weighted by Crippen LogP contribution is -2.56. The molecule has 8 nitrogen and oxygen atoms in total. The van der Waals surface area contributed by atoms with Crippen LogP contribution in [-0.4, -0.2) is 49.7 Å². The van der Waals surface area contributed by atoms with Crippen LogP contribution in [0.15, 0.2) is 36.7 Å². The molecule has 3 aromatic rings. The summed E-state index contributed by atoms with van der Waals surface area (Å²) in [5, 5.41) is 7.17. The highest BCUT2D eigenvalue weighted by Crippen LogP contribution is 2.40. The van der Waals surface area contributed by atoms with Gasteiger partial charge in [0.25, 0.3) is 11.8 Å². The molecule has 170 valence electrons. The van der Waals surface area contributed by atoms with Crippen LogP contribution in [0.2, 0.25) is 0 Å². The molecule has 1 aliphatic heterocycles. The Balaban J connectivity index is 1.21. The molecule has 10 heteroatoms. The number of rotatable bonds is 7. The molecule has 0 radical (unpaired) electrons. The van der Waals surface area contributed by atoms with Crippen LogP contribution in [0.5, 0.6) is 0 Å². The number of amides is 1. The normalized spacial score (nSPS) is 19.3. The molecular formula is C23H23F2N7O. The molecule has 0 spiro atoms. The summed E-state index contributed by atoms with van der Waals surface area (Å²) < 4.78 is 28.6. The Hall–Kier alpha value is -3.43. The molecule has 1 N–H and O–H groups in total. The zero-order valence-electron chi connectivity index (χ0n) is 17.9. The first-order valence-corrected chi connectivity index (χ1v) is 11.2. The lowest BCUT2D eigenvalue weighted by atomic mass is 10.1. The SMILES string of the molecule is O=C(Nc1cc(N2CC(F)(F)C2)nc(C2CC2)n1)c1cccc(-c2cnn(CC3CC3)c2)n1. The maximum Gasteiger partial charge on any atom is 0.282 e. The minimum Gasteiger partial charge on any atom is -0.344 e. The number of hydrogen-bond acceptors (Lipinski definition) is 6. The van der Waals surface area contributed by atoms with Gasteiger partial charge in [0, 0.05) is 30.3 Å². The van der Waals surface area contributed by atoms with Gasteiger partial charge in [0.15, 0.2) is 0 Å². The Kier molecular flexibility index (Phi) is 4.63. The van der Waals surface area contributed by atoms with Crippen LogP contribution in [0.3, 0.4) is 0 Å². The number of hydrogen-bond donors (Lipinski definition) is 1. The minimum atomic E-state index is -2.70. The van der Waals surface area contributed by atoms with Gasteiger partial charge in [0.05, 0.1) is 25.0 Å². The standard InChI is InChI=1S/C23H23F2N7O/c24-23(25)12-31(13-23)20-8-19(28-21(30-20)15-6-7-15)29-22(33)18-3-1-2-17(27-18)16-9-26-32(11-16)10-14-4-5-14/h1-3,8-9,11,14-15H,4-7,10,12-13H2,(H,28,29,30,33). The molecule has 3 fully saturated rings. The molecule has 2 aliphatic carbocycles. The highest BCUT2D eigenvalue weighted by Gasteiger charge is 2.45. The summed E-state index contributed by atoms with van der Waals surface area (Å²) in [5.41, 5.74) is 1.75. The summed E-state index contributed by atoms with van der Waals surface area (Å²) in [6, 6.07) is 6.80. The molecule has 4 heterocycles. The summed E-state index contributed by atoms with van der Waals surface area (Å²) >= 11 is 0. The van der Waals surface area contributed by atoms with Crippen molar-refractivity contribution in [1.29, 1.82) is 0 Å². The van der Waals surface area contributed by atoms with E-state index in [0.29, 0.717) is 29.1 Å².